The quantitative estimate of drug-likeness (QED) is 0.528. The fraction of sp³-hybridized carbons (Fsp3) is 0.167. The second kappa shape index (κ2) is 7.83. The van der Waals surface area contributed by atoms with Gasteiger partial charge in [-0.3, -0.25) is 4.79 Å². The van der Waals surface area contributed by atoms with Gasteiger partial charge in [-0.1, -0.05) is 36.0 Å². The first-order valence-corrected chi connectivity index (χ1v) is 8.88. The molecule has 0 saturated carbocycles. The molecule has 1 amide bonds. The number of thioether (sulfide) groups is 1. The van der Waals surface area contributed by atoms with Crippen LogP contribution in [0.1, 0.15) is 5.56 Å². The topological polar surface area (TPSA) is 59.8 Å². The molecule has 9 heteroatoms. The van der Waals surface area contributed by atoms with E-state index in [2.05, 4.69) is 15.5 Å². The molecule has 0 spiro atoms. The molecular weight excluding hydrogens is 377 g/mol. The van der Waals surface area contributed by atoms with Crippen molar-refractivity contribution in [3.8, 4) is 11.4 Å². The van der Waals surface area contributed by atoms with Gasteiger partial charge in [0.05, 0.1) is 11.4 Å². The highest BCUT2D eigenvalue weighted by atomic mass is 32.2. The minimum absolute atomic E-state index is 0.0990. The Balaban J connectivity index is 1.68. The first-order valence-electron chi connectivity index (χ1n) is 7.90. The van der Waals surface area contributed by atoms with E-state index in [-0.39, 0.29) is 5.75 Å². The molecule has 0 radical (unpaired) electrons. The van der Waals surface area contributed by atoms with Crippen molar-refractivity contribution in [2.24, 2.45) is 7.05 Å². The van der Waals surface area contributed by atoms with E-state index in [9.17, 15) is 18.0 Å². The maximum Gasteiger partial charge on any atom is 0.234 e. The molecular formula is C18H15F3N4OS. The Kier molecular flexibility index (Phi) is 5.50. The molecule has 0 atom stereocenters. The summed E-state index contributed by atoms with van der Waals surface area (Å²) < 4.78 is 41.5. The van der Waals surface area contributed by atoms with Crippen molar-refractivity contribution in [3.05, 3.63) is 59.4 Å². The van der Waals surface area contributed by atoms with Gasteiger partial charge in [-0.2, -0.15) is 0 Å². The largest absolute Gasteiger partial charge is 0.323 e. The summed E-state index contributed by atoms with van der Waals surface area (Å²) in [6, 6.07) is 9.42. The van der Waals surface area contributed by atoms with Crippen LogP contribution in [-0.2, 0) is 11.8 Å². The van der Waals surface area contributed by atoms with Crippen LogP contribution in [0.3, 0.4) is 0 Å². The Morgan fingerprint density at radius 3 is 2.59 bits per heavy atom. The van der Waals surface area contributed by atoms with E-state index in [1.165, 1.54) is 0 Å². The van der Waals surface area contributed by atoms with Crippen molar-refractivity contribution in [1.29, 1.82) is 0 Å². The molecule has 0 unspecified atom stereocenters. The van der Waals surface area contributed by atoms with Crippen LogP contribution in [0.15, 0.2) is 41.6 Å². The summed E-state index contributed by atoms with van der Waals surface area (Å²) in [6.07, 6.45) is 0. The van der Waals surface area contributed by atoms with Crippen LogP contribution in [0, 0.1) is 24.4 Å². The van der Waals surface area contributed by atoms with Gasteiger partial charge in [0, 0.05) is 12.6 Å². The first kappa shape index (κ1) is 19.0. The average molecular weight is 392 g/mol. The normalized spacial score (nSPS) is 10.9. The first-order chi connectivity index (χ1) is 12.9. The maximum atomic E-state index is 13.6. The van der Waals surface area contributed by atoms with E-state index in [0.29, 0.717) is 11.0 Å². The third-order valence-electron chi connectivity index (χ3n) is 3.86. The lowest BCUT2D eigenvalue weighted by atomic mass is 10.1. The van der Waals surface area contributed by atoms with Crippen LogP contribution in [0.4, 0.5) is 18.9 Å². The third-order valence-corrected chi connectivity index (χ3v) is 4.88. The lowest BCUT2D eigenvalue weighted by Gasteiger charge is -2.08. The maximum absolute atomic E-state index is 13.6. The molecule has 0 aliphatic heterocycles. The standard InChI is InChI=1S/C18H15F3N4OS/c1-10-5-3-4-6-11(10)17-23-24-18(25(17)2)27-9-14(26)22-13-8-7-12(19)15(20)16(13)21/h3-8H,9H2,1-2H3,(H,22,26). The van der Waals surface area contributed by atoms with E-state index >= 15 is 0 Å². The highest BCUT2D eigenvalue weighted by Gasteiger charge is 2.17. The fourth-order valence-electron chi connectivity index (χ4n) is 2.44. The number of carbonyl (C=O) groups excluding carboxylic acids is 1. The summed E-state index contributed by atoms with van der Waals surface area (Å²) in [6.45, 7) is 1.96. The number of hydrogen-bond donors (Lipinski definition) is 1. The molecule has 1 N–H and O–H groups in total. The molecule has 1 aromatic heterocycles. The minimum atomic E-state index is -1.63. The highest BCUT2D eigenvalue weighted by molar-refractivity contribution is 7.99. The van der Waals surface area contributed by atoms with Crippen molar-refractivity contribution in [1.82, 2.24) is 14.8 Å². The highest BCUT2D eigenvalue weighted by Crippen LogP contribution is 2.25. The number of carbonyl (C=O) groups is 1. The van der Waals surface area contributed by atoms with Crippen molar-refractivity contribution >= 4 is 23.4 Å². The third kappa shape index (κ3) is 3.97. The van der Waals surface area contributed by atoms with Gasteiger partial charge in [0.15, 0.2) is 28.4 Å². The van der Waals surface area contributed by atoms with Gasteiger partial charge in [0.2, 0.25) is 5.91 Å². The average Bonchev–Trinajstić information content (AvgIpc) is 3.01. The van der Waals surface area contributed by atoms with Crippen LogP contribution >= 0.6 is 11.8 Å². The van der Waals surface area contributed by atoms with Crippen LogP contribution in [0.2, 0.25) is 0 Å². The Hall–Kier alpha value is -2.81. The predicted octanol–water partition coefficient (Wildman–Crippen LogP) is 3.94. The second-order valence-electron chi connectivity index (χ2n) is 5.74. The van der Waals surface area contributed by atoms with E-state index in [4.69, 9.17) is 0 Å². The van der Waals surface area contributed by atoms with Crippen molar-refractivity contribution in [3.63, 3.8) is 0 Å². The van der Waals surface area contributed by atoms with Crippen molar-refractivity contribution in [2.45, 2.75) is 12.1 Å². The number of halogens is 3. The molecule has 0 fully saturated rings. The number of rotatable bonds is 5. The zero-order chi connectivity index (χ0) is 19.6. The number of aromatic nitrogens is 3. The molecule has 2 aromatic carbocycles. The lowest BCUT2D eigenvalue weighted by Crippen LogP contribution is -2.16. The molecule has 0 aliphatic rings. The molecule has 1 heterocycles. The Labute approximate surface area is 157 Å². The predicted molar refractivity (Wildman–Crippen MR) is 96.8 cm³/mol. The van der Waals surface area contributed by atoms with Gasteiger partial charge in [0.1, 0.15) is 0 Å². The molecule has 0 bridgehead atoms. The van der Waals surface area contributed by atoms with Crippen molar-refractivity contribution < 1.29 is 18.0 Å². The van der Waals surface area contributed by atoms with E-state index in [0.717, 1.165) is 35.0 Å². The molecule has 3 aromatic rings. The fourth-order valence-corrected chi connectivity index (χ4v) is 3.15. The van der Waals surface area contributed by atoms with Crippen LogP contribution in [-0.4, -0.2) is 26.4 Å². The Morgan fingerprint density at radius 1 is 1.11 bits per heavy atom. The summed E-state index contributed by atoms with van der Waals surface area (Å²) in [5, 5.41) is 10.9. The van der Waals surface area contributed by atoms with Crippen LogP contribution < -0.4 is 5.32 Å². The Morgan fingerprint density at radius 2 is 1.85 bits per heavy atom. The van der Waals surface area contributed by atoms with E-state index in [1.807, 2.05) is 31.2 Å². The molecule has 3 rings (SSSR count). The van der Waals surface area contributed by atoms with Crippen LogP contribution in [0.5, 0.6) is 0 Å². The molecule has 140 valence electrons. The van der Waals surface area contributed by atoms with Gasteiger partial charge < -0.3 is 9.88 Å². The number of aryl methyl sites for hydroxylation is 1. The van der Waals surface area contributed by atoms with Gasteiger partial charge in [-0.15, -0.1) is 10.2 Å². The summed E-state index contributed by atoms with van der Waals surface area (Å²) in [4.78, 5) is 12.0. The number of amides is 1. The van der Waals surface area contributed by atoms with Gasteiger partial charge >= 0.3 is 0 Å². The zero-order valence-corrected chi connectivity index (χ0v) is 15.3. The SMILES string of the molecule is Cc1ccccc1-c1nnc(SCC(=O)Nc2ccc(F)c(F)c2F)n1C. The zero-order valence-electron chi connectivity index (χ0n) is 14.5. The number of nitrogens with one attached hydrogen (secondary N) is 1. The number of hydrogen-bond acceptors (Lipinski definition) is 4. The van der Waals surface area contributed by atoms with Gasteiger partial charge in [-0.05, 0) is 24.6 Å². The number of nitrogens with zero attached hydrogens (tertiary/aromatic N) is 3. The molecule has 27 heavy (non-hydrogen) atoms. The van der Waals surface area contributed by atoms with Crippen LogP contribution in [0.25, 0.3) is 11.4 Å². The van der Waals surface area contributed by atoms with Crippen molar-refractivity contribution in [2.75, 3.05) is 11.1 Å². The molecule has 5 nitrogen and oxygen atoms in total. The van der Waals surface area contributed by atoms with Gasteiger partial charge in [0.25, 0.3) is 0 Å². The van der Waals surface area contributed by atoms with E-state index < -0.39 is 29.0 Å². The smallest absolute Gasteiger partial charge is 0.234 e. The number of anilines is 1. The molecule has 0 saturated heterocycles. The summed E-state index contributed by atoms with van der Waals surface area (Å²) in [5.41, 5.74) is 1.54. The Bertz CT molecular complexity index is 1010. The number of benzene rings is 2. The second-order valence-corrected chi connectivity index (χ2v) is 6.68. The lowest BCUT2D eigenvalue weighted by molar-refractivity contribution is -0.113. The molecule has 0 aliphatic carbocycles. The monoisotopic (exact) mass is 392 g/mol. The summed E-state index contributed by atoms with van der Waals surface area (Å²) in [7, 11) is 1.77. The summed E-state index contributed by atoms with van der Waals surface area (Å²) in [5.74, 6) is -4.40. The van der Waals surface area contributed by atoms with Gasteiger partial charge in [-0.25, -0.2) is 13.2 Å². The van der Waals surface area contributed by atoms with E-state index in [1.54, 1.807) is 11.6 Å². The summed E-state index contributed by atoms with van der Waals surface area (Å²) >= 11 is 1.10. The minimum Gasteiger partial charge on any atom is -0.323 e.